The van der Waals surface area contributed by atoms with E-state index in [1.54, 1.807) is 7.05 Å². The molecule has 1 aliphatic heterocycles. The molecule has 1 heterocycles. The van der Waals surface area contributed by atoms with Crippen LogP contribution in [0.25, 0.3) is 0 Å². The van der Waals surface area contributed by atoms with E-state index in [1.165, 1.54) is 11.8 Å². The summed E-state index contributed by atoms with van der Waals surface area (Å²) in [5.41, 5.74) is 0.277. The number of nitrogens with zero attached hydrogens (tertiary/aromatic N) is 2. The minimum Gasteiger partial charge on any atom is -0.331 e. The van der Waals surface area contributed by atoms with Gasteiger partial charge in [-0.1, -0.05) is 27.7 Å². The van der Waals surface area contributed by atoms with E-state index in [1.807, 2.05) is 27.7 Å². The number of carbonyl (C=O) groups is 2. The van der Waals surface area contributed by atoms with Gasteiger partial charge in [0.05, 0.1) is 0 Å². The molecule has 0 N–H and O–H groups in total. The molecular weight excluding hydrogens is 180 g/mol. The average Bonchev–Trinajstić information content (AvgIpc) is 2.20. The standard InChI is InChI=1S/C6H8N2O2.2C2H6/c1-4-6(10)8(2)3-5(9)7-4;2*1-2/h3H2,1-2H3;2*1-2H3. The number of rotatable bonds is 0. The Balaban J connectivity index is 0. The smallest absolute Gasteiger partial charge is 0.268 e. The van der Waals surface area contributed by atoms with E-state index < -0.39 is 0 Å². The van der Waals surface area contributed by atoms with Crippen LogP contribution in [0.4, 0.5) is 0 Å². The first kappa shape index (κ1) is 15.3. The fourth-order valence-electron chi connectivity index (χ4n) is 0.821. The van der Waals surface area contributed by atoms with Crippen molar-refractivity contribution in [2.24, 2.45) is 4.99 Å². The fraction of sp³-hybridized carbons (Fsp3) is 0.700. The van der Waals surface area contributed by atoms with Crippen molar-refractivity contribution in [3.63, 3.8) is 0 Å². The fourth-order valence-corrected chi connectivity index (χ4v) is 0.821. The van der Waals surface area contributed by atoms with Gasteiger partial charge in [0.25, 0.3) is 11.8 Å². The number of likely N-dealkylation sites (N-methyl/N-ethyl adjacent to an activating group) is 1. The molecular formula is C10H20N2O2. The highest BCUT2D eigenvalue weighted by molar-refractivity contribution is 6.40. The summed E-state index contributed by atoms with van der Waals surface area (Å²) in [7, 11) is 1.58. The van der Waals surface area contributed by atoms with Crippen LogP contribution in [0.5, 0.6) is 0 Å². The van der Waals surface area contributed by atoms with E-state index in [9.17, 15) is 9.59 Å². The monoisotopic (exact) mass is 200 g/mol. The van der Waals surface area contributed by atoms with Crippen molar-refractivity contribution in [2.75, 3.05) is 13.6 Å². The first-order valence-corrected chi connectivity index (χ1v) is 4.95. The molecule has 0 atom stereocenters. The molecule has 1 rings (SSSR count). The van der Waals surface area contributed by atoms with Crippen LogP contribution in [0.3, 0.4) is 0 Å². The Morgan fingerprint density at radius 2 is 1.57 bits per heavy atom. The predicted molar refractivity (Wildman–Crippen MR) is 58.4 cm³/mol. The molecule has 0 saturated heterocycles. The summed E-state index contributed by atoms with van der Waals surface area (Å²) >= 11 is 0. The van der Waals surface area contributed by atoms with Gasteiger partial charge in [0, 0.05) is 7.05 Å². The van der Waals surface area contributed by atoms with Gasteiger partial charge in [-0.2, -0.15) is 0 Å². The Morgan fingerprint density at radius 1 is 1.14 bits per heavy atom. The van der Waals surface area contributed by atoms with Gasteiger partial charge in [0.2, 0.25) is 0 Å². The van der Waals surface area contributed by atoms with Crippen LogP contribution in [-0.4, -0.2) is 36.0 Å². The lowest BCUT2D eigenvalue weighted by atomic mass is 10.3. The molecule has 0 aromatic heterocycles. The van der Waals surface area contributed by atoms with E-state index >= 15 is 0 Å². The summed E-state index contributed by atoms with van der Waals surface area (Å²) in [5.74, 6) is -0.417. The molecule has 0 bridgehead atoms. The second kappa shape index (κ2) is 8.41. The van der Waals surface area contributed by atoms with Gasteiger partial charge in [-0.25, -0.2) is 4.99 Å². The van der Waals surface area contributed by atoms with Gasteiger partial charge in [0.1, 0.15) is 12.3 Å². The van der Waals surface area contributed by atoms with E-state index in [0.29, 0.717) is 0 Å². The Morgan fingerprint density at radius 3 is 1.93 bits per heavy atom. The van der Waals surface area contributed by atoms with Crippen molar-refractivity contribution < 1.29 is 9.59 Å². The Bertz CT molecular complexity index is 222. The molecule has 0 radical (unpaired) electrons. The zero-order valence-corrected chi connectivity index (χ0v) is 9.92. The number of hydrogen-bond acceptors (Lipinski definition) is 2. The summed E-state index contributed by atoms with van der Waals surface area (Å²) in [4.78, 5) is 26.4. The molecule has 0 unspecified atom stereocenters. The Kier molecular flexibility index (Phi) is 9.18. The molecule has 0 aromatic rings. The van der Waals surface area contributed by atoms with E-state index in [0.717, 1.165) is 0 Å². The highest BCUT2D eigenvalue weighted by Gasteiger charge is 2.20. The molecule has 4 nitrogen and oxygen atoms in total. The third-order valence-electron chi connectivity index (χ3n) is 1.32. The maximum Gasteiger partial charge on any atom is 0.268 e. The number of carbonyl (C=O) groups excluding carboxylic acids is 2. The van der Waals surface area contributed by atoms with Crippen LogP contribution in [0.2, 0.25) is 0 Å². The second-order valence-electron chi connectivity index (χ2n) is 2.25. The van der Waals surface area contributed by atoms with E-state index in [4.69, 9.17) is 0 Å². The van der Waals surface area contributed by atoms with Crippen molar-refractivity contribution >= 4 is 17.5 Å². The SMILES string of the molecule is CC.CC.CC1=NC(=O)CN(C)C1=O. The predicted octanol–water partition coefficient (Wildman–Crippen LogP) is 1.50. The topological polar surface area (TPSA) is 49.7 Å². The quantitative estimate of drug-likeness (QED) is 0.595. The number of amides is 2. The number of hydrogen-bond donors (Lipinski definition) is 0. The van der Waals surface area contributed by atoms with Gasteiger partial charge in [0.15, 0.2) is 0 Å². The highest BCUT2D eigenvalue weighted by atomic mass is 16.2. The van der Waals surface area contributed by atoms with Crippen LogP contribution in [-0.2, 0) is 9.59 Å². The largest absolute Gasteiger partial charge is 0.331 e. The van der Waals surface area contributed by atoms with Crippen molar-refractivity contribution in [1.82, 2.24) is 4.90 Å². The van der Waals surface area contributed by atoms with Crippen molar-refractivity contribution in [2.45, 2.75) is 34.6 Å². The molecule has 0 aromatic carbocycles. The molecule has 0 spiro atoms. The average molecular weight is 200 g/mol. The van der Waals surface area contributed by atoms with Crippen molar-refractivity contribution in [3.05, 3.63) is 0 Å². The zero-order chi connectivity index (χ0) is 11.7. The van der Waals surface area contributed by atoms with Gasteiger partial charge < -0.3 is 4.90 Å². The first-order chi connectivity index (χ1) is 6.61. The van der Waals surface area contributed by atoms with Crippen molar-refractivity contribution in [3.8, 4) is 0 Å². The third kappa shape index (κ3) is 4.74. The lowest BCUT2D eigenvalue weighted by Gasteiger charge is -2.18. The summed E-state index contributed by atoms with van der Waals surface area (Å²) in [5, 5.41) is 0. The molecule has 1 aliphatic rings. The summed E-state index contributed by atoms with van der Waals surface area (Å²) in [6.07, 6.45) is 0. The first-order valence-electron chi connectivity index (χ1n) is 4.95. The lowest BCUT2D eigenvalue weighted by Crippen LogP contribution is -2.40. The minimum absolute atomic E-state index is 0.107. The second-order valence-corrected chi connectivity index (χ2v) is 2.25. The molecule has 82 valence electrons. The third-order valence-corrected chi connectivity index (χ3v) is 1.32. The maximum atomic E-state index is 10.9. The Labute approximate surface area is 86.0 Å². The van der Waals surface area contributed by atoms with Crippen LogP contribution in [0, 0.1) is 0 Å². The van der Waals surface area contributed by atoms with E-state index in [-0.39, 0.29) is 24.1 Å². The molecule has 0 aliphatic carbocycles. The van der Waals surface area contributed by atoms with Crippen molar-refractivity contribution in [1.29, 1.82) is 0 Å². The highest BCUT2D eigenvalue weighted by Crippen LogP contribution is 1.97. The maximum absolute atomic E-state index is 10.9. The number of aliphatic imine (C=N–C) groups is 1. The van der Waals surface area contributed by atoms with Gasteiger partial charge >= 0.3 is 0 Å². The summed E-state index contributed by atoms with van der Waals surface area (Å²) in [6.45, 7) is 9.64. The van der Waals surface area contributed by atoms with Crippen LogP contribution in [0.1, 0.15) is 34.6 Å². The van der Waals surface area contributed by atoms with E-state index in [2.05, 4.69) is 4.99 Å². The Hall–Kier alpha value is -1.19. The van der Waals surface area contributed by atoms with Gasteiger partial charge in [-0.15, -0.1) is 0 Å². The normalized spacial score (nSPS) is 14.7. The zero-order valence-electron chi connectivity index (χ0n) is 9.92. The molecule has 14 heavy (non-hydrogen) atoms. The summed E-state index contributed by atoms with van der Waals surface area (Å²) < 4.78 is 0. The molecule has 0 fully saturated rings. The van der Waals surface area contributed by atoms with Crippen LogP contribution in [0.15, 0.2) is 4.99 Å². The molecule has 0 saturated carbocycles. The van der Waals surface area contributed by atoms with Gasteiger partial charge in [-0.3, -0.25) is 9.59 Å². The molecule has 2 amide bonds. The van der Waals surface area contributed by atoms with Crippen LogP contribution >= 0.6 is 0 Å². The lowest BCUT2D eigenvalue weighted by molar-refractivity contribution is -0.130. The minimum atomic E-state index is -0.250. The van der Waals surface area contributed by atoms with Crippen LogP contribution < -0.4 is 0 Å². The molecule has 4 heteroatoms. The summed E-state index contributed by atoms with van der Waals surface area (Å²) in [6, 6.07) is 0. The van der Waals surface area contributed by atoms with Gasteiger partial charge in [-0.05, 0) is 6.92 Å².